The SMILES string of the molecule is Cc1ccc(CN2CC[C@@H](N3CCN(c4ccc(O)cn4)CC3=O)C2=O)cc1. The topological polar surface area (TPSA) is 77.0 Å². The number of amides is 2. The maximum atomic E-state index is 12.9. The van der Waals surface area contributed by atoms with E-state index in [1.165, 1.54) is 11.8 Å². The Morgan fingerprint density at radius 1 is 1.07 bits per heavy atom. The van der Waals surface area contributed by atoms with Gasteiger partial charge in [0.05, 0.1) is 12.7 Å². The monoisotopic (exact) mass is 380 g/mol. The Bertz CT molecular complexity index is 866. The van der Waals surface area contributed by atoms with Gasteiger partial charge in [0.1, 0.15) is 17.6 Å². The fourth-order valence-corrected chi connectivity index (χ4v) is 3.86. The zero-order chi connectivity index (χ0) is 19.7. The molecular formula is C21H24N4O3. The highest BCUT2D eigenvalue weighted by Crippen LogP contribution is 2.23. The standard InChI is InChI=1S/C21H24N4O3/c1-15-2-4-16(5-3-15)13-24-9-8-18(21(24)28)25-11-10-23(14-20(25)27)19-7-6-17(26)12-22-19/h2-7,12,18,26H,8-11,13-14H2,1H3/t18-/m1/s1. The molecule has 2 aliphatic heterocycles. The zero-order valence-corrected chi connectivity index (χ0v) is 15.9. The Labute approximate surface area is 164 Å². The first-order valence-corrected chi connectivity index (χ1v) is 9.55. The Balaban J connectivity index is 1.38. The van der Waals surface area contributed by atoms with E-state index in [1.807, 2.05) is 41.0 Å². The van der Waals surface area contributed by atoms with Crippen molar-refractivity contribution in [2.24, 2.45) is 0 Å². The minimum atomic E-state index is -0.368. The molecule has 2 amide bonds. The van der Waals surface area contributed by atoms with E-state index in [2.05, 4.69) is 4.98 Å². The molecule has 0 unspecified atom stereocenters. The third-order valence-corrected chi connectivity index (χ3v) is 5.45. The Kier molecular flexibility index (Phi) is 4.90. The summed E-state index contributed by atoms with van der Waals surface area (Å²) in [5.41, 5.74) is 2.30. The predicted molar refractivity (Wildman–Crippen MR) is 105 cm³/mol. The van der Waals surface area contributed by atoms with Crippen molar-refractivity contribution in [1.29, 1.82) is 0 Å². The van der Waals surface area contributed by atoms with Gasteiger partial charge in [0.2, 0.25) is 11.8 Å². The van der Waals surface area contributed by atoms with Crippen molar-refractivity contribution >= 4 is 17.6 Å². The van der Waals surface area contributed by atoms with E-state index in [0.29, 0.717) is 38.4 Å². The minimum Gasteiger partial charge on any atom is -0.506 e. The molecule has 3 heterocycles. The third kappa shape index (κ3) is 3.65. The first-order valence-electron chi connectivity index (χ1n) is 9.55. The second-order valence-electron chi connectivity index (χ2n) is 7.43. The van der Waals surface area contributed by atoms with Crippen molar-refractivity contribution in [3.8, 4) is 5.75 Å². The van der Waals surface area contributed by atoms with E-state index >= 15 is 0 Å². The van der Waals surface area contributed by atoms with Crippen LogP contribution in [-0.2, 0) is 16.1 Å². The number of benzene rings is 1. The number of aromatic hydroxyl groups is 1. The second-order valence-corrected chi connectivity index (χ2v) is 7.43. The zero-order valence-electron chi connectivity index (χ0n) is 15.9. The molecule has 1 aromatic heterocycles. The van der Waals surface area contributed by atoms with Crippen molar-refractivity contribution in [2.75, 3.05) is 31.1 Å². The molecule has 0 saturated carbocycles. The molecular weight excluding hydrogens is 356 g/mol. The molecule has 0 radical (unpaired) electrons. The lowest BCUT2D eigenvalue weighted by Gasteiger charge is -2.37. The van der Waals surface area contributed by atoms with Gasteiger partial charge in [-0.25, -0.2) is 4.98 Å². The number of hydrogen-bond acceptors (Lipinski definition) is 5. The lowest BCUT2D eigenvalue weighted by molar-refractivity contribution is -0.142. The van der Waals surface area contributed by atoms with Crippen LogP contribution in [0.3, 0.4) is 0 Å². The first kappa shape index (κ1) is 18.3. The molecule has 7 nitrogen and oxygen atoms in total. The van der Waals surface area contributed by atoms with Crippen LogP contribution in [0, 0.1) is 6.92 Å². The highest BCUT2D eigenvalue weighted by atomic mass is 16.3. The highest BCUT2D eigenvalue weighted by molar-refractivity contribution is 5.91. The fraction of sp³-hybridized carbons (Fsp3) is 0.381. The lowest BCUT2D eigenvalue weighted by Crippen LogP contribution is -2.56. The molecule has 146 valence electrons. The van der Waals surface area contributed by atoms with Crippen LogP contribution < -0.4 is 4.90 Å². The van der Waals surface area contributed by atoms with Gasteiger partial charge >= 0.3 is 0 Å². The van der Waals surface area contributed by atoms with Crippen LogP contribution in [0.2, 0.25) is 0 Å². The van der Waals surface area contributed by atoms with E-state index in [-0.39, 0.29) is 30.2 Å². The van der Waals surface area contributed by atoms with Gasteiger partial charge in [-0.2, -0.15) is 0 Å². The molecule has 0 spiro atoms. The van der Waals surface area contributed by atoms with Gasteiger partial charge in [0, 0.05) is 26.2 Å². The van der Waals surface area contributed by atoms with Crippen molar-refractivity contribution in [1.82, 2.24) is 14.8 Å². The number of pyridine rings is 1. The Morgan fingerprint density at radius 3 is 2.54 bits per heavy atom. The van der Waals surface area contributed by atoms with Crippen LogP contribution in [-0.4, -0.2) is 63.9 Å². The average molecular weight is 380 g/mol. The summed E-state index contributed by atoms with van der Waals surface area (Å²) in [5, 5.41) is 9.37. The van der Waals surface area contributed by atoms with E-state index in [1.54, 1.807) is 17.0 Å². The molecule has 2 saturated heterocycles. The Hall–Kier alpha value is -3.09. The smallest absolute Gasteiger partial charge is 0.245 e. The largest absolute Gasteiger partial charge is 0.506 e. The molecule has 4 rings (SSSR count). The summed E-state index contributed by atoms with van der Waals surface area (Å²) in [6.45, 7) is 4.60. The van der Waals surface area contributed by atoms with Crippen LogP contribution >= 0.6 is 0 Å². The molecule has 1 atom stereocenters. The highest BCUT2D eigenvalue weighted by Gasteiger charge is 2.40. The number of rotatable bonds is 4. The summed E-state index contributed by atoms with van der Waals surface area (Å²) in [6.07, 6.45) is 2.05. The number of carbonyl (C=O) groups is 2. The number of aromatic nitrogens is 1. The lowest BCUT2D eigenvalue weighted by atomic mass is 10.1. The summed E-state index contributed by atoms with van der Waals surface area (Å²) in [6, 6.07) is 11.1. The number of piperazine rings is 1. The third-order valence-electron chi connectivity index (χ3n) is 5.45. The summed E-state index contributed by atoms with van der Waals surface area (Å²) in [5.74, 6) is 0.727. The van der Waals surface area contributed by atoms with Crippen LogP contribution in [0.1, 0.15) is 17.5 Å². The van der Waals surface area contributed by atoms with Crippen LogP contribution in [0.4, 0.5) is 5.82 Å². The van der Waals surface area contributed by atoms with Crippen LogP contribution in [0.25, 0.3) is 0 Å². The van der Waals surface area contributed by atoms with E-state index in [0.717, 1.165) is 5.56 Å². The van der Waals surface area contributed by atoms with Crippen LogP contribution in [0.5, 0.6) is 5.75 Å². The second kappa shape index (κ2) is 7.50. The maximum absolute atomic E-state index is 12.9. The van der Waals surface area contributed by atoms with E-state index < -0.39 is 0 Å². The van der Waals surface area contributed by atoms with E-state index in [9.17, 15) is 14.7 Å². The van der Waals surface area contributed by atoms with Crippen molar-refractivity contribution in [2.45, 2.75) is 25.9 Å². The molecule has 0 bridgehead atoms. The number of aryl methyl sites for hydroxylation is 1. The minimum absolute atomic E-state index is 0.0325. The van der Waals surface area contributed by atoms with Crippen molar-refractivity contribution < 1.29 is 14.7 Å². The first-order chi connectivity index (χ1) is 13.5. The van der Waals surface area contributed by atoms with Gasteiger partial charge in [-0.1, -0.05) is 29.8 Å². The molecule has 2 aliphatic rings. The predicted octanol–water partition coefficient (Wildman–Crippen LogP) is 1.55. The van der Waals surface area contributed by atoms with Gasteiger partial charge < -0.3 is 19.8 Å². The van der Waals surface area contributed by atoms with Gasteiger partial charge in [-0.3, -0.25) is 9.59 Å². The van der Waals surface area contributed by atoms with Gasteiger partial charge in [0.25, 0.3) is 0 Å². The molecule has 0 aliphatic carbocycles. The molecule has 1 N–H and O–H groups in total. The number of nitrogens with zero attached hydrogens (tertiary/aromatic N) is 4. The van der Waals surface area contributed by atoms with Crippen molar-refractivity contribution in [3.63, 3.8) is 0 Å². The Morgan fingerprint density at radius 2 is 1.86 bits per heavy atom. The normalized spacial score (nSPS) is 20.2. The molecule has 2 aromatic rings. The van der Waals surface area contributed by atoms with Crippen molar-refractivity contribution in [3.05, 3.63) is 53.7 Å². The summed E-state index contributed by atoms with van der Waals surface area (Å²) >= 11 is 0. The molecule has 7 heteroatoms. The summed E-state index contributed by atoms with van der Waals surface area (Å²) < 4.78 is 0. The quantitative estimate of drug-likeness (QED) is 0.871. The number of likely N-dealkylation sites (tertiary alicyclic amines) is 1. The maximum Gasteiger partial charge on any atom is 0.245 e. The number of carbonyl (C=O) groups excluding carboxylic acids is 2. The van der Waals surface area contributed by atoms with Crippen LogP contribution in [0.15, 0.2) is 42.6 Å². The summed E-state index contributed by atoms with van der Waals surface area (Å²) in [7, 11) is 0. The van der Waals surface area contributed by atoms with E-state index in [4.69, 9.17) is 0 Å². The van der Waals surface area contributed by atoms with Gasteiger partial charge in [-0.05, 0) is 31.0 Å². The fourth-order valence-electron chi connectivity index (χ4n) is 3.86. The molecule has 2 fully saturated rings. The van der Waals surface area contributed by atoms with Gasteiger partial charge in [-0.15, -0.1) is 0 Å². The number of anilines is 1. The summed E-state index contributed by atoms with van der Waals surface area (Å²) in [4.78, 5) is 35.2. The molecule has 28 heavy (non-hydrogen) atoms. The number of hydrogen-bond donors (Lipinski definition) is 1. The molecule has 1 aromatic carbocycles. The van der Waals surface area contributed by atoms with Gasteiger partial charge in [0.15, 0.2) is 0 Å². The average Bonchev–Trinajstić information content (AvgIpc) is 3.04.